The number of pyridine rings is 2. The van der Waals surface area contributed by atoms with Crippen LogP contribution in [-0.4, -0.2) is 153 Å². The van der Waals surface area contributed by atoms with Crippen molar-refractivity contribution in [2.45, 2.75) is 174 Å². The molecule has 474 valence electrons. The van der Waals surface area contributed by atoms with Gasteiger partial charge in [-0.3, -0.25) is 53.1 Å². The molecule has 1 fully saturated rings. The van der Waals surface area contributed by atoms with E-state index < -0.39 is 70.5 Å². The van der Waals surface area contributed by atoms with Crippen molar-refractivity contribution >= 4 is 63.9 Å². The molecule has 3 atom stereocenters. The first-order chi connectivity index (χ1) is 41.7. The molecule has 4 aliphatic heterocycles. The molecule has 0 saturated carbocycles. The van der Waals surface area contributed by atoms with Crippen LogP contribution in [0.25, 0.3) is 22.3 Å². The number of piperidine rings is 1. The standard InChI is InChI=1S/C64H83FN10O13/c1-10-64(85)46-32-50-57-44(36-75(50)60(83)45(46)37-87-61(64)84)43(42-31-51(86-9)47(65)33-49(42)70-57)35-73-28-23-41(24-29-73)72(8)34-39-15-17-40(18-16-39)68-58(81)38(2)67-52(76)13-11-26-66-59(82)48(69-53(77)14-12-27-74-55(79)21-22-56(74)80)19-20-54(78)71-63(6,7)25-30-88-62(3,4)5/h15-18,21-22,31-33,38,41,48,85H,10-14,19-20,23-30,34-37H2,1-9H3,(H,66,82)(H,67,76)(H,68,81)(H,69,77)(H,71,78)/t38-,48-,64-/m0/s1. The minimum atomic E-state index is -1.99. The smallest absolute Gasteiger partial charge is 0.343 e. The Bertz CT molecular complexity index is 3410. The van der Waals surface area contributed by atoms with Gasteiger partial charge in [-0.05, 0) is 142 Å². The molecule has 2 aromatic carbocycles. The molecular weight excluding hydrogens is 1140 g/mol. The highest BCUT2D eigenvalue weighted by molar-refractivity contribution is 6.12. The number of esters is 1. The summed E-state index contributed by atoms with van der Waals surface area (Å²) < 4.78 is 33.4. The quantitative estimate of drug-likeness (QED) is 0.0235. The zero-order chi connectivity index (χ0) is 63.8. The van der Waals surface area contributed by atoms with E-state index >= 15 is 4.39 Å². The molecule has 0 spiro atoms. The molecule has 0 unspecified atom stereocenters. The molecule has 1 saturated heterocycles. The molecule has 2 aromatic heterocycles. The summed E-state index contributed by atoms with van der Waals surface area (Å²) in [6.07, 6.45) is 4.73. The predicted octanol–water partition coefficient (Wildman–Crippen LogP) is 4.73. The van der Waals surface area contributed by atoms with E-state index in [4.69, 9.17) is 19.2 Å². The lowest BCUT2D eigenvalue weighted by Crippen LogP contribution is -2.49. The van der Waals surface area contributed by atoms with Gasteiger partial charge in [0.1, 0.15) is 18.7 Å². The number of fused-ring (bicyclic) bond motifs is 5. The van der Waals surface area contributed by atoms with E-state index in [0.29, 0.717) is 54.1 Å². The fourth-order valence-electron chi connectivity index (χ4n) is 11.5. The average Bonchev–Trinajstić information content (AvgIpc) is 1.52. The fourth-order valence-corrected chi connectivity index (χ4v) is 11.5. The number of aliphatic hydroxyl groups is 1. The molecule has 6 heterocycles. The lowest BCUT2D eigenvalue weighted by molar-refractivity contribution is -0.172. The number of methoxy groups -OCH3 is 1. The number of imide groups is 1. The van der Waals surface area contributed by atoms with Crippen LogP contribution in [0, 0.1) is 5.82 Å². The lowest BCUT2D eigenvalue weighted by atomic mass is 9.86. The van der Waals surface area contributed by atoms with Crippen molar-refractivity contribution in [1.82, 2.24) is 45.5 Å². The summed E-state index contributed by atoms with van der Waals surface area (Å²) in [6.45, 7) is 15.9. The van der Waals surface area contributed by atoms with Crippen LogP contribution in [0.4, 0.5) is 10.1 Å². The maximum absolute atomic E-state index is 15.3. The number of amides is 7. The molecule has 8 rings (SSSR count). The number of hydrogen-bond acceptors (Lipinski definition) is 16. The van der Waals surface area contributed by atoms with Gasteiger partial charge >= 0.3 is 5.97 Å². The minimum Gasteiger partial charge on any atom is -0.494 e. The number of hydrogen-bond donors (Lipinski definition) is 6. The van der Waals surface area contributed by atoms with Crippen LogP contribution >= 0.6 is 0 Å². The Morgan fingerprint density at radius 2 is 1.58 bits per heavy atom. The number of aromatic nitrogens is 2. The van der Waals surface area contributed by atoms with Gasteiger partial charge in [-0.1, -0.05) is 19.1 Å². The first-order valence-corrected chi connectivity index (χ1v) is 30.2. The second-order valence-corrected chi connectivity index (χ2v) is 24.9. The normalized spacial score (nSPS) is 17.5. The van der Waals surface area contributed by atoms with Crippen molar-refractivity contribution in [3.8, 4) is 17.1 Å². The first kappa shape index (κ1) is 66.0. The van der Waals surface area contributed by atoms with Crippen molar-refractivity contribution in [3.05, 3.63) is 98.6 Å². The van der Waals surface area contributed by atoms with Crippen LogP contribution in [0.15, 0.2) is 59.4 Å². The molecule has 7 amide bonds. The van der Waals surface area contributed by atoms with E-state index in [-0.39, 0.29) is 111 Å². The molecular formula is C64H83FN10O13. The number of cyclic esters (lactones) is 1. The molecule has 0 radical (unpaired) electrons. The third-order valence-corrected chi connectivity index (χ3v) is 16.7. The zero-order valence-corrected chi connectivity index (χ0v) is 51.8. The van der Waals surface area contributed by atoms with Crippen molar-refractivity contribution in [2.24, 2.45) is 0 Å². The summed E-state index contributed by atoms with van der Waals surface area (Å²) in [7, 11) is 3.48. The highest BCUT2D eigenvalue weighted by Crippen LogP contribution is 2.42. The molecule has 4 aromatic rings. The third kappa shape index (κ3) is 16.0. The monoisotopic (exact) mass is 1220 g/mol. The Balaban J connectivity index is 0.786. The summed E-state index contributed by atoms with van der Waals surface area (Å²) in [5, 5.41) is 26.1. The number of ether oxygens (including phenoxy) is 3. The average molecular weight is 1220 g/mol. The number of halogens is 1. The number of likely N-dealkylation sites (tertiary alicyclic amines) is 1. The summed E-state index contributed by atoms with van der Waals surface area (Å²) in [5.41, 5.74) is 1.70. The highest BCUT2D eigenvalue weighted by Gasteiger charge is 2.46. The fraction of sp³-hybridized carbons (Fsp3) is 0.531. The second kappa shape index (κ2) is 28.1. The van der Waals surface area contributed by atoms with Crippen LogP contribution in [0.5, 0.6) is 5.75 Å². The van der Waals surface area contributed by atoms with Gasteiger partial charge in [0.15, 0.2) is 17.2 Å². The molecule has 24 heteroatoms. The summed E-state index contributed by atoms with van der Waals surface area (Å²) in [5.74, 6) is -4.48. The van der Waals surface area contributed by atoms with Gasteiger partial charge in [-0.25, -0.2) is 14.2 Å². The van der Waals surface area contributed by atoms with Crippen molar-refractivity contribution < 1.29 is 62.1 Å². The summed E-state index contributed by atoms with van der Waals surface area (Å²) in [6, 6.07) is 10.4. The van der Waals surface area contributed by atoms with Gasteiger partial charge in [0.2, 0.25) is 29.5 Å². The van der Waals surface area contributed by atoms with Gasteiger partial charge in [0, 0.05) is 104 Å². The molecule has 0 aliphatic carbocycles. The number of benzene rings is 2. The van der Waals surface area contributed by atoms with Gasteiger partial charge in [-0.15, -0.1) is 0 Å². The maximum Gasteiger partial charge on any atom is 0.343 e. The zero-order valence-electron chi connectivity index (χ0n) is 51.8. The third-order valence-electron chi connectivity index (χ3n) is 16.7. The number of carbonyl (C=O) groups excluding carboxylic acids is 8. The topological polar surface area (TPSA) is 289 Å². The van der Waals surface area contributed by atoms with E-state index in [2.05, 4.69) is 43.4 Å². The molecule has 0 bridgehead atoms. The predicted molar refractivity (Wildman–Crippen MR) is 325 cm³/mol. The van der Waals surface area contributed by atoms with Crippen molar-refractivity contribution in [1.29, 1.82) is 0 Å². The lowest BCUT2D eigenvalue weighted by Gasteiger charge is -2.37. The van der Waals surface area contributed by atoms with E-state index in [0.717, 1.165) is 59.7 Å². The van der Waals surface area contributed by atoms with Gasteiger partial charge in [0.25, 0.3) is 17.4 Å². The van der Waals surface area contributed by atoms with Crippen molar-refractivity contribution in [3.63, 3.8) is 0 Å². The Kier molecular flexibility index (Phi) is 21.0. The van der Waals surface area contributed by atoms with Crippen molar-refractivity contribution in [2.75, 3.05) is 52.3 Å². The SMILES string of the molecule is CC[C@@]1(O)C(=O)OCc2c1cc1n(c2=O)Cc2c-1nc1cc(F)c(OC)cc1c2CN1CCC(N(C)Cc2ccc(NC(=O)[C@H](C)NC(=O)CCCNC(=O)[C@H](CCC(=O)NC(C)(C)CCOC(C)(C)C)NC(=O)CCCN3C(=O)C=CC3=O)cc2)CC1. The van der Waals surface area contributed by atoms with E-state index in [1.807, 2.05) is 58.9 Å². The second-order valence-electron chi connectivity index (χ2n) is 24.9. The highest BCUT2D eigenvalue weighted by atomic mass is 19.1. The van der Waals surface area contributed by atoms with Crippen LogP contribution in [0.3, 0.4) is 0 Å². The number of carbonyl (C=O) groups is 8. The van der Waals surface area contributed by atoms with Crippen LogP contribution in [0.1, 0.15) is 140 Å². The van der Waals surface area contributed by atoms with Crippen LogP contribution < -0.4 is 36.9 Å². The Hall–Kier alpha value is -7.93. The van der Waals surface area contributed by atoms with Gasteiger partial charge in [-0.2, -0.15) is 0 Å². The molecule has 6 N–H and O–H groups in total. The minimum absolute atomic E-state index is 0.00599. The van der Waals surface area contributed by atoms with Gasteiger partial charge in [0.05, 0.1) is 41.7 Å². The van der Waals surface area contributed by atoms with E-state index in [9.17, 15) is 48.3 Å². The molecule has 4 aliphatic rings. The summed E-state index contributed by atoms with van der Waals surface area (Å²) in [4.78, 5) is 127. The van der Waals surface area contributed by atoms with Crippen LogP contribution in [-0.2, 0) is 79.7 Å². The molecule has 23 nitrogen and oxygen atoms in total. The first-order valence-electron chi connectivity index (χ1n) is 30.2. The largest absolute Gasteiger partial charge is 0.494 e. The van der Waals surface area contributed by atoms with E-state index in [1.54, 1.807) is 30.5 Å². The Morgan fingerprint density at radius 1 is 0.898 bits per heavy atom. The summed E-state index contributed by atoms with van der Waals surface area (Å²) >= 11 is 0. The van der Waals surface area contributed by atoms with E-state index in [1.165, 1.54) is 13.2 Å². The number of nitrogens with zero attached hydrogens (tertiary/aromatic N) is 5. The number of rotatable bonds is 27. The number of anilines is 1. The Morgan fingerprint density at radius 3 is 2.25 bits per heavy atom. The van der Waals surface area contributed by atoms with Crippen LogP contribution in [0.2, 0.25) is 0 Å². The number of nitrogens with one attached hydrogen (secondary N) is 5. The Labute approximate surface area is 511 Å². The maximum atomic E-state index is 15.3. The van der Waals surface area contributed by atoms with Gasteiger partial charge < -0.3 is 50.5 Å². The molecule has 88 heavy (non-hydrogen) atoms.